The number of aryl methyl sites for hydroxylation is 2. The van der Waals surface area contributed by atoms with Crippen LogP contribution in [0.2, 0.25) is 0 Å². The minimum atomic E-state index is -6.24. The Morgan fingerprint density at radius 2 is 1.47 bits per heavy atom. The van der Waals surface area contributed by atoms with Crippen LogP contribution in [0.5, 0.6) is 0 Å². The number of amides is 1. The number of benzene rings is 2. The second-order valence-electron chi connectivity index (χ2n) is 7.20. The van der Waals surface area contributed by atoms with Crippen LogP contribution in [0.25, 0.3) is 10.9 Å². The predicted molar refractivity (Wildman–Crippen MR) is 102 cm³/mol. The Balaban J connectivity index is 1.99. The van der Waals surface area contributed by atoms with Gasteiger partial charge in [-0.15, -0.1) is 0 Å². The predicted octanol–water partition coefficient (Wildman–Crippen LogP) is 5.63. The van der Waals surface area contributed by atoms with Gasteiger partial charge < -0.3 is 10.5 Å². The van der Waals surface area contributed by atoms with Gasteiger partial charge in [-0.2, -0.15) is 31.1 Å². The van der Waals surface area contributed by atoms with Gasteiger partial charge in [-0.3, -0.25) is 4.79 Å². The molecular formula is C21H15F7N2O2. The number of hydrogen-bond acceptors (Lipinski definition) is 2. The fraction of sp³-hybridized carbons (Fsp3) is 0.238. The summed E-state index contributed by atoms with van der Waals surface area (Å²) in [5.41, 5.74) is -7.25. The van der Waals surface area contributed by atoms with Gasteiger partial charge in [-0.05, 0) is 43.2 Å². The van der Waals surface area contributed by atoms with Gasteiger partial charge in [0.15, 0.2) is 6.20 Å². The summed E-state index contributed by atoms with van der Waals surface area (Å²) < 4.78 is 93.3. The first-order valence-corrected chi connectivity index (χ1v) is 9.04. The largest absolute Gasteiger partial charge is 0.618 e. The molecule has 0 aliphatic rings. The third kappa shape index (κ3) is 3.82. The molecule has 32 heavy (non-hydrogen) atoms. The standard InChI is InChI=1S/C21H15F7N2O2/c1-11-8-15(19(22,20(23,24)25)21(26,27)28)9-12(2)17(11)29-18(31)14-5-6-16-13(10-14)4-3-7-30(16)32/h3-10H,1-2H3,(H,29,31). The Morgan fingerprint density at radius 1 is 0.906 bits per heavy atom. The van der Waals surface area contributed by atoms with Gasteiger partial charge in [0.2, 0.25) is 5.52 Å². The van der Waals surface area contributed by atoms with Crippen molar-refractivity contribution in [2.24, 2.45) is 0 Å². The van der Waals surface area contributed by atoms with E-state index in [-0.39, 0.29) is 22.4 Å². The van der Waals surface area contributed by atoms with Crippen LogP contribution >= 0.6 is 0 Å². The maximum atomic E-state index is 14.4. The second kappa shape index (κ2) is 7.64. The summed E-state index contributed by atoms with van der Waals surface area (Å²) >= 11 is 0. The van der Waals surface area contributed by atoms with Gasteiger partial charge in [0.1, 0.15) is 0 Å². The van der Waals surface area contributed by atoms with Crippen LogP contribution in [-0.2, 0) is 5.67 Å². The highest BCUT2D eigenvalue weighted by molar-refractivity contribution is 6.06. The van der Waals surface area contributed by atoms with Crippen molar-refractivity contribution in [1.82, 2.24) is 0 Å². The molecule has 3 aromatic rings. The number of aromatic nitrogens is 1. The highest BCUT2D eigenvalue weighted by Crippen LogP contribution is 2.53. The van der Waals surface area contributed by atoms with E-state index in [9.17, 15) is 40.7 Å². The fourth-order valence-electron chi connectivity index (χ4n) is 3.37. The van der Waals surface area contributed by atoms with E-state index in [0.29, 0.717) is 27.8 Å². The normalized spacial score (nSPS) is 12.8. The van der Waals surface area contributed by atoms with Gasteiger partial charge in [-0.1, -0.05) is 12.1 Å². The fourth-order valence-corrected chi connectivity index (χ4v) is 3.37. The number of pyridine rings is 1. The van der Waals surface area contributed by atoms with Crippen LogP contribution in [-0.4, -0.2) is 18.3 Å². The molecule has 0 unspecified atom stereocenters. The number of anilines is 1. The van der Waals surface area contributed by atoms with Crippen LogP contribution < -0.4 is 10.0 Å². The van der Waals surface area contributed by atoms with E-state index in [2.05, 4.69) is 5.32 Å². The third-order valence-corrected chi connectivity index (χ3v) is 4.97. The molecule has 0 aliphatic heterocycles. The lowest BCUT2D eigenvalue weighted by Crippen LogP contribution is -2.50. The van der Waals surface area contributed by atoms with Crippen molar-refractivity contribution in [3.8, 4) is 0 Å². The quantitative estimate of drug-likeness (QED) is 0.313. The van der Waals surface area contributed by atoms with Gasteiger partial charge in [0.25, 0.3) is 5.91 Å². The van der Waals surface area contributed by atoms with Gasteiger partial charge in [0, 0.05) is 34.3 Å². The van der Waals surface area contributed by atoms with E-state index in [4.69, 9.17) is 0 Å². The van der Waals surface area contributed by atoms with Crippen LogP contribution in [0.3, 0.4) is 0 Å². The van der Waals surface area contributed by atoms with Crippen LogP contribution in [0.4, 0.5) is 36.4 Å². The SMILES string of the molecule is Cc1cc(C(F)(C(F)(F)F)C(F)(F)F)cc(C)c1NC(=O)c1ccc2c(ccc[n+]2[O-])c1. The van der Waals surface area contributed by atoms with E-state index in [0.717, 1.165) is 13.8 Å². The minimum absolute atomic E-state index is 0.0579. The molecule has 0 saturated carbocycles. The molecular weight excluding hydrogens is 445 g/mol. The van der Waals surface area contributed by atoms with Crippen molar-refractivity contribution in [1.29, 1.82) is 0 Å². The highest BCUT2D eigenvalue weighted by atomic mass is 19.4. The Morgan fingerprint density at radius 3 is 2.00 bits per heavy atom. The molecule has 1 amide bonds. The van der Waals surface area contributed by atoms with E-state index < -0.39 is 29.5 Å². The molecule has 0 bridgehead atoms. The molecule has 3 rings (SSSR count). The molecule has 1 heterocycles. The number of hydrogen-bond donors (Lipinski definition) is 1. The highest BCUT2D eigenvalue weighted by Gasteiger charge is 2.73. The molecule has 1 aromatic heterocycles. The average Bonchev–Trinajstić information content (AvgIpc) is 2.68. The maximum Gasteiger partial charge on any atom is 0.435 e. The molecule has 0 aliphatic carbocycles. The zero-order valence-corrected chi connectivity index (χ0v) is 16.5. The molecule has 1 N–H and O–H groups in total. The first-order chi connectivity index (χ1) is 14.7. The van der Waals surface area contributed by atoms with Gasteiger partial charge in [0.05, 0.1) is 0 Å². The summed E-state index contributed by atoms with van der Waals surface area (Å²) in [6.07, 6.45) is -11.2. The number of carbonyl (C=O) groups is 1. The van der Waals surface area contributed by atoms with E-state index in [1.165, 1.54) is 30.5 Å². The van der Waals surface area contributed by atoms with Crippen LogP contribution in [0.15, 0.2) is 48.7 Å². The van der Waals surface area contributed by atoms with Crippen LogP contribution in [0.1, 0.15) is 27.0 Å². The zero-order chi connectivity index (χ0) is 24.1. The Kier molecular flexibility index (Phi) is 5.56. The molecule has 4 nitrogen and oxygen atoms in total. The topological polar surface area (TPSA) is 56.0 Å². The molecule has 0 radical (unpaired) electrons. The Labute approximate surface area is 176 Å². The second-order valence-corrected chi connectivity index (χ2v) is 7.20. The zero-order valence-electron chi connectivity index (χ0n) is 16.5. The lowest BCUT2D eigenvalue weighted by molar-refractivity contribution is -0.577. The minimum Gasteiger partial charge on any atom is -0.618 e. The van der Waals surface area contributed by atoms with E-state index in [1.54, 1.807) is 6.07 Å². The van der Waals surface area contributed by atoms with Crippen molar-refractivity contribution >= 4 is 22.5 Å². The Hall–Kier alpha value is -3.37. The Bertz CT molecular complexity index is 1170. The number of fused-ring (bicyclic) bond motifs is 1. The first kappa shape index (κ1) is 23.3. The van der Waals surface area contributed by atoms with Crippen molar-refractivity contribution < 1.29 is 40.3 Å². The summed E-state index contributed by atoms with van der Waals surface area (Å²) in [5.74, 6) is -0.717. The summed E-state index contributed by atoms with van der Waals surface area (Å²) in [6, 6.07) is 8.00. The van der Waals surface area contributed by atoms with Crippen molar-refractivity contribution in [2.75, 3.05) is 5.32 Å². The van der Waals surface area contributed by atoms with Crippen molar-refractivity contribution in [3.05, 3.63) is 76.1 Å². The van der Waals surface area contributed by atoms with Crippen molar-refractivity contribution in [3.63, 3.8) is 0 Å². The molecule has 0 spiro atoms. The van der Waals surface area contributed by atoms with E-state index in [1.807, 2.05) is 0 Å². The molecule has 0 saturated heterocycles. The molecule has 0 fully saturated rings. The van der Waals surface area contributed by atoms with Crippen molar-refractivity contribution in [2.45, 2.75) is 31.9 Å². The maximum absolute atomic E-state index is 14.4. The summed E-state index contributed by atoms with van der Waals surface area (Å²) in [6.45, 7) is 2.31. The third-order valence-electron chi connectivity index (χ3n) is 4.97. The van der Waals surface area contributed by atoms with Gasteiger partial charge in [-0.25, -0.2) is 4.39 Å². The lowest BCUT2D eigenvalue weighted by Gasteiger charge is -2.31. The van der Waals surface area contributed by atoms with Crippen LogP contribution in [0, 0.1) is 19.1 Å². The van der Waals surface area contributed by atoms with Gasteiger partial charge >= 0.3 is 18.0 Å². The summed E-state index contributed by atoms with van der Waals surface area (Å²) in [5, 5.41) is 14.6. The number of rotatable bonds is 3. The smallest absolute Gasteiger partial charge is 0.435 e. The molecule has 170 valence electrons. The first-order valence-electron chi connectivity index (χ1n) is 9.04. The average molecular weight is 460 g/mol. The number of halogens is 7. The number of nitrogens with one attached hydrogen (secondary N) is 1. The van der Waals surface area contributed by atoms with E-state index >= 15 is 0 Å². The number of alkyl halides is 7. The lowest BCUT2D eigenvalue weighted by atomic mass is 9.90. The number of nitrogens with zero attached hydrogens (tertiary/aromatic N) is 1. The monoisotopic (exact) mass is 460 g/mol. The molecule has 0 atom stereocenters. The summed E-state index contributed by atoms with van der Waals surface area (Å²) in [4.78, 5) is 12.6. The molecule has 11 heteroatoms. The summed E-state index contributed by atoms with van der Waals surface area (Å²) in [7, 11) is 0. The number of carbonyl (C=O) groups excluding carboxylic acids is 1. The molecule has 2 aromatic carbocycles.